The van der Waals surface area contributed by atoms with Crippen molar-refractivity contribution in [3.8, 4) is 0 Å². The van der Waals surface area contributed by atoms with Gasteiger partial charge in [0.1, 0.15) is 37.4 Å². The van der Waals surface area contributed by atoms with Gasteiger partial charge in [-0.25, -0.2) is 9.59 Å². The maximum atomic E-state index is 14.0. The first-order chi connectivity index (χ1) is 26.5. The Kier molecular flexibility index (Phi) is 19.5. The van der Waals surface area contributed by atoms with Crippen LogP contribution in [0.15, 0.2) is 60.7 Å². The Hall–Kier alpha value is -5.47. The molecule has 2 rings (SSSR count). The maximum absolute atomic E-state index is 14.0. The number of hydrogen-bond acceptors (Lipinski definition) is 9. The second-order valence-electron chi connectivity index (χ2n) is 15.1. The van der Waals surface area contributed by atoms with Crippen LogP contribution in [0.3, 0.4) is 0 Å². The molecule has 0 fully saturated rings. The predicted molar refractivity (Wildman–Crippen MR) is 210 cm³/mol. The van der Waals surface area contributed by atoms with E-state index in [1.807, 2.05) is 33.8 Å². The van der Waals surface area contributed by atoms with Crippen LogP contribution in [-0.2, 0) is 51.5 Å². The fourth-order valence-corrected chi connectivity index (χ4v) is 5.51. The molecule has 0 unspecified atom stereocenters. The molecule has 0 heterocycles. The fourth-order valence-electron chi connectivity index (χ4n) is 5.51. The molecule has 0 spiro atoms. The van der Waals surface area contributed by atoms with E-state index in [1.54, 1.807) is 75.4 Å². The molecular weight excluding hydrogens is 720 g/mol. The van der Waals surface area contributed by atoms with Crippen molar-refractivity contribution in [1.29, 1.82) is 0 Å². The van der Waals surface area contributed by atoms with Crippen molar-refractivity contribution >= 4 is 41.6 Å². The summed E-state index contributed by atoms with van der Waals surface area (Å²) in [5.74, 6) is -4.86. The highest BCUT2D eigenvalue weighted by Gasteiger charge is 2.37. The molecule has 2 aromatic carbocycles. The van der Waals surface area contributed by atoms with Crippen LogP contribution < -0.4 is 31.9 Å². The van der Waals surface area contributed by atoms with Gasteiger partial charge >= 0.3 is 18.0 Å². The summed E-state index contributed by atoms with van der Waals surface area (Å²) in [5.41, 5.74) is 0.587. The van der Waals surface area contributed by atoms with E-state index in [1.165, 1.54) is 7.05 Å². The first-order valence-corrected chi connectivity index (χ1v) is 19.1. The summed E-state index contributed by atoms with van der Waals surface area (Å²) in [4.78, 5) is 93.6. The first-order valence-electron chi connectivity index (χ1n) is 19.1. The van der Waals surface area contributed by atoms with Crippen molar-refractivity contribution in [2.24, 2.45) is 11.3 Å². The Bertz CT molecular complexity index is 1590. The van der Waals surface area contributed by atoms with Crippen molar-refractivity contribution < 1.29 is 43.0 Å². The summed E-state index contributed by atoms with van der Waals surface area (Å²) in [6.07, 6.45) is 0.332. The van der Waals surface area contributed by atoms with E-state index in [2.05, 4.69) is 31.9 Å². The molecule has 0 radical (unpaired) electrons. The van der Waals surface area contributed by atoms with Crippen LogP contribution in [0.4, 0.5) is 4.79 Å². The van der Waals surface area contributed by atoms with Crippen molar-refractivity contribution in [2.75, 3.05) is 7.05 Å². The van der Waals surface area contributed by atoms with Crippen molar-refractivity contribution in [3.63, 3.8) is 0 Å². The highest BCUT2D eigenvalue weighted by Crippen LogP contribution is 2.20. The number of benzene rings is 2. The molecule has 6 amide bonds. The normalized spacial score (nSPS) is 13.3. The second kappa shape index (κ2) is 23.4. The van der Waals surface area contributed by atoms with Gasteiger partial charge in [-0.15, -0.1) is 0 Å². The van der Waals surface area contributed by atoms with Gasteiger partial charge in [0.15, 0.2) is 0 Å². The van der Waals surface area contributed by atoms with E-state index in [0.717, 1.165) is 5.56 Å². The lowest BCUT2D eigenvalue weighted by Crippen LogP contribution is -2.61. The smallest absolute Gasteiger partial charge is 0.328 e. The van der Waals surface area contributed by atoms with Crippen LogP contribution >= 0.6 is 0 Å². The number of rotatable bonds is 21. The van der Waals surface area contributed by atoms with E-state index in [-0.39, 0.29) is 31.6 Å². The fraction of sp³-hybridized carbons (Fsp3) is 0.537. The molecule has 56 heavy (non-hydrogen) atoms. The van der Waals surface area contributed by atoms with E-state index in [0.29, 0.717) is 18.4 Å². The largest absolute Gasteiger partial charge is 0.461 e. The lowest BCUT2D eigenvalue weighted by molar-refractivity contribution is -0.150. The SMILES string of the molecule is CCC(CC)NC(=O)N[C@H](C(=O)N[C@@H](CC(=O)NC)C(=O)N[C@@H](CC(=O)OCc1ccccc1)C(=O)N[C@@H](CC(C)C)C(=O)OCc1ccccc1)C(C)(C)C. The Labute approximate surface area is 330 Å². The van der Waals surface area contributed by atoms with Crippen molar-refractivity contribution in [2.45, 2.75) is 124 Å². The molecule has 0 aliphatic carbocycles. The molecule has 0 aromatic heterocycles. The van der Waals surface area contributed by atoms with Gasteiger partial charge in [-0.3, -0.25) is 24.0 Å². The molecule has 2 aromatic rings. The number of nitrogens with one attached hydrogen (secondary N) is 6. The average Bonchev–Trinajstić information content (AvgIpc) is 3.16. The standard InChI is InChI=1S/C41H60N6O9/c1-9-29(10-2)43-40(54)47-35(41(5,6)7)38(52)45-30(22-33(48)42-8)36(50)44-31(23-34(49)55-24-27-17-13-11-14-18-27)37(51)46-32(21-26(3)4)39(53)56-25-28-19-15-12-16-20-28/h11-20,26,29-32,35H,9-10,21-25H2,1-8H3,(H,42,48)(H,44,50)(H,45,52)(H,46,51)(H2,43,47,54)/t30-,31-,32-,35+/m0/s1. The maximum Gasteiger partial charge on any atom is 0.328 e. The molecule has 15 heteroatoms. The van der Waals surface area contributed by atoms with Crippen LogP contribution in [0.25, 0.3) is 0 Å². The highest BCUT2D eigenvalue weighted by molar-refractivity contribution is 5.98. The van der Waals surface area contributed by atoms with E-state index < -0.39 is 84.0 Å². The van der Waals surface area contributed by atoms with Crippen LogP contribution in [0.5, 0.6) is 0 Å². The average molecular weight is 781 g/mol. The third-order valence-electron chi connectivity index (χ3n) is 8.80. The van der Waals surface area contributed by atoms with Gasteiger partial charge in [0.05, 0.1) is 12.8 Å². The molecule has 308 valence electrons. The number of esters is 2. The number of carbonyl (C=O) groups excluding carboxylic acids is 7. The van der Waals surface area contributed by atoms with Gasteiger partial charge in [0.2, 0.25) is 23.6 Å². The van der Waals surface area contributed by atoms with Gasteiger partial charge in [-0.2, -0.15) is 0 Å². The summed E-state index contributed by atoms with van der Waals surface area (Å²) in [7, 11) is 1.35. The third-order valence-corrected chi connectivity index (χ3v) is 8.80. The van der Waals surface area contributed by atoms with Crippen molar-refractivity contribution in [1.82, 2.24) is 31.9 Å². The number of hydrogen-bond donors (Lipinski definition) is 6. The molecule has 6 N–H and O–H groups in total. The minimum atomic E-state index is -1.60. The Morgan fingerprint density at radius 3 is 1.59 bits per heavy atom. The van der Waals surface area contributed by atoms with Crippen LogP contribution in [0.2, 0.25) is 0 Å². The third kappa shape index (κ3) is 16.9. The number of urea groups is 1. The zero-order valence-corrected chi connectivity index (χ0v) is 33.9. The Balaban J connectivity index is 2.38. The van der Waals surface area contributed by atoms with Crippen LogP contribution in [0, 0.1) is 11.3 Å². The predicted octanol–water partition coefficient (Wildman–Crippen LogP) is 3.40. The molecule has 0 aliphatic rings. The molecule has 0 aliphatic heterocycles. The Morgan fingerprint density at radius 2 is 1.11 bits per heavy atom. The highest BCUT2D eigenvalue weighted by atomic mass is 16.5. The molecule has 0 bridgehead atoms. The minimum Gasteiger partial charge on any atom is -0.461 e. The molecule has 0 saturated heterocycles. The van der Waals surface area contributed by atoms with Gasteiger partial charge in [0, 0.05) is 13.1 Å². The Morgan fingerprint density at radius 1 is 0.625 bits per heavy atom. The molecule has 0 saturated carbocycles. The van der Waals surface area contributed by atoms with E-state index in [9.17, 15) is 33.6 Å². The summed E-state index contributed by atoms with van der Waals surface area (Å²) in [6.45, 7) is 12.6. The van der Waals surface area contributed by atoms with Crippen LogP contribution in [0.1, 0.15) is 91.7 Å². The van der Waals surface area contributed by atoms with E-state index in [4.69, 9.17) is 9.47 Å². The summed E-state index contributed by atoms with van der Waals surface area (Å²) >= 11 is 0. The monoisotopic (exact) mass is 780 g/mol. The van der Waals surface area contributed by atoms with Gasteiger partial charge in [-0.05, 0) is 41.7 Å². The topological polar surface area (TPSA) is 210 Å². The molecule has 4 atom stereocenters. The zero-order valence-electron chi connectivity index (χ0n) is 33.9. The van der Waals surface area contributed by atoms with Gasteiger partial charge < -0.3 is 41.4 Å². The first kappa shape index (κ1) is 46.7. The summed E-state index contributed by atoms with van der Waals surface area (Å²) < 4.78 is 10.9. The summed E-state index contributed by atoms with van der Waals surface area (Å²) in [6, 6.07) is 11.7. The summed E-state index contributed by atoms with van der Waals surface area (Å²) in [5, 5.41) is 15.6. The minimum absolute atomic E-state index is 0.0408. The second-order valence-corrected chi connectivity index (χ2v) is 15.1. The quantitative estimate of drug-likeness (QED) is 0.102. The number of amides is 6. The molecular formula is C41H60N6O9. The number of carbonyl (C=O) groups is 7. The van der Waals surface area contributed by atoms with Gasteiger partial charge in [0.25, 0.3) is 0 Å². The molecule has 15 nitrogen and oxygen atoms in total. The lowest BCUT2D eigenvalue weighted by Gasteiger charge is -2.32. The van der Waals surface area contributed by atoms with Gasteiger partial charge in [-0.1, -0.05) is 109 Å². The van der Waals surface area contributed by atoms with E-state index >= 15 is 0 Å². The van der Waals surface area contributed by atoms with Crippen LogP contribution in [-0.4, -0.2) is 78.9 Å². The zero-order chi connectivity index (χ0) is 41.8. The number of ether oxygens (including phenoxy) is 2. The lowest BCUT2D eigenvalue weighted by atomic mass is 9.86. The van der Waals surface area contributed by atoms with Crippen molar-refractivity contribution in [3.05, 3.63) is 71.8 Å².